The lowest BCUT2D eigenvalue weighted by Gasteiger charge is -2.50. The quantitative estimate of drug-likeness (QED) is 0.469. The molecule has 0 spiro atoms. The van der Waals surface area contributed by atoms with Crippen LogP contribution in [0.1, 0.15) is 60.5 Å². The summed E-state index contributed by atoms with van der Waals surface area (Å²) in [5, 5.41) is 1.06. The number of likely N-dealkylation sites (tertiary alicyclic amines) is 2. The highest BCUT2D eigenvalue weighted by atomic mass is 35.5. The van der Waals surface area contributed by atoms with E-state index in [4.69, 9.17) is 23.2 Å². The number of halogens is 2. The van der Waals surface area contributed by atoms with Gasteiger partial charge in [0.1, 0.15) is 11.2 Å². The maximum absolute atomic E-state index is 13.4. The van der Waals surface area contributed by atoms with Gasteiger partial charge in [0.15, 0.2) is 0 Å². The van der Waals surface area contributed by atoms with Gasteiger partial charge in [0.05, 0.1) is 10.0 Å². The molecule has 1 N–H and O–H groups in total. The highest BCUT2D eigenvalue weighted by Gasteiger charge is 2.47. The molecular weight excluding hydrogens is 521 g/mol. The zero-order valence-corrected chi connectivity index (χ0v) is 24.4. The molecule has 1 unspecified atom stereocenters. The minimum Gasteiger partial charge on any atom is -0.357 e. The molecule has 2 fully saturated rings. The first-order valence-electron chi connectivity index (χ1n) is 13.7. The Kier molecular flexibility index (Phi) is 9.79. The second-order valence-electron chi connectivity index (χ2n) is 11.0. The number of carbonyl (C=O) groups excluding carboxylic acids is 2. The summed E-state index contributed by atoms with van der Waals surface area (Å²) in [6.45, 7) is 5.27. The molecule has 1 aromatic carbocycles. The van der Waals surface area contributed by atoms with Crippen molar-refractivity contribution in [3.63, 3.8) is 0 Å². The molecule has 1 atom stereocenters. The number of hydrogen-bond acceptors (Lipinski definition) is 4. The van der Waals surface area contributed by atoms with Gasteiger partial charge < -0.3 is 19.7 Å². The molecule has 0 bridgehead atoms. The van der Waals surface area contributed by atoms with E-state index < -0.39 is 0 Å². The summed E-state index contributed by atoms with van der Waals surface area (Å²) in [6.07, 6.45) is 7.95. The number of hydrogen-bond donors (Lipinski definition) is 1. The Balaban J connectivity index is 1.44. The predicted octanol–water partition coefficient (Wildman–Crippen LogP) is 4.98. The lowest BCUT2D eigenvalue weighted by Crippen LogP contribution is -2.64. The van der Waals surface area contributed by atoms with E-state index in [1.54, 1.807) is 22.1 Å². The largest absolute Gasteiger partial charge is 0.357 e. The lowest BCUT2D eigenvalue weighted by molar-refractivity contribution is -0.147. The zero-order chi connectivity index (χ0) is 27.3. The van der Waals surface area contributed by atoms with Crippen molar-refractivity contribution >= 4 is 35.0 Å². The van der Waals surface area contributed by atoms with E-state index in [-0.39, 0.29) is 23.3 Å². The maximum atomic E-state index is 13.4. The number of likely N-dealkylation sites (N-methyl/N-ethyl adjacent to an activating group) is 2. The molecule has 2 aliphatic rings. The molecule has 7 nitrogen and oxygen atoms in total. The summed E-state index contributed by atoms with van der Waals surface area (Å²) >= 11 is 12.6. The predicted molar refractivity (Wildman–Crippen MR) is 154 cm³/mol. The van der Waals surface area contributed by atoms with Crippen LogP contribution in [0.5, 0.6) is 0 Å². The average molecular weight is 563 g/mol. The number of nitrogens with zero attached hydrogens (tertiary/aromatic N) is 4. The number of amides is 2. The third-order valence-electron chi connectivity index (χ3n) is 8.33. The summed E-state index contributed by atoms with van der Waals surface area (Å²) in [7, 11) is 5.61. The van der Waals surface area contributed by atoms with Crippen molar-refractivity contribution in [2.45, 2.75) is 50.0 Å². The van der Waals surface area contributed by atoms with Crippen LogP contribution in [0, 0.1) is 0 Å². The van der Waals surface area contributed by atoms with Gasteiger partial charge in [-0.3, -0.25) is 14.5 Å². The minimum atomic E-state index is -0.383. The Morgan fingerprint density at radius 2 is 1.71 bits per heavy atom. The van der Waals surface area contributed by atoms with Crippen LogP contribution < -0.4 is 0 Å². The van der Waals surface area contributed by atoms with Gasteiger partial charge in [-0.25, -0.2) is 0 Å². The Bertz CT molecular complexity index is 1080. The summed E-state index contributed by atoms with van der Waals surface area (Å²) in [4.78, 5) is 37.9. The second-order valence-corrected chi connectivity index (χ2v) is 11.9. The van der Waals surface area contributed by atoms with Crippen molar-refractivity contribution in [1.82, 2.24) is 24.6 Å². The van der Waals surface area contributed by atoms with Crippen LogP contribution in [0.15, 0.2) is 36.5 Å². The third kappa shape index (κ3) is 6.56. The van der Waals surface area contributed by atoms with Crippen LogP contribution in [0.4, 0.5) is 0 Å². The molecule has 208 valence electrons. The highest BCUT2D eigenvalue weighted by molar-refractivity contribution is 6.42. The molecule has 3 heterocycles. The van der Waals surface area contributed by atoms with Crippen LogP contribution in [0.25, 0.3) is 0 Å². The minimum absolute atomic E-state index is 0.0356. The van der Waals surface area contributed by atoms with Gasteiger partial charge in [-0.1, -0.05) is 35.7 Å². The van der Waals surface area contributed by atoms with Crippen molar-refractivity contribution < 1.29 is 9.59 Å². The van der Waals surface area contributed by atoms with Gasteiger partial charge in [0.25, 0.3) is 5.91 Å². The zero-order valence-electron chi connectivity index (χ0n) is 22.9. The number of rotatable bonds is 9. The third-order valence-corrected chi connectivity index (χ3v) is 9.07. The highest BCUT2D eigenvalue weighted by Crippen LogP contribution is 2.34. The first kappa shape index (κ1) is 28.9. The Morgan fingerprint density at radius 1 is 1.00 bits per heavy atom. The monoisotopic (exact) mass is 561 g/mol. The van der Waals surface area contributed by atoms with Crippen molar-refractivity contribution in [2.24, 2.45) is 0 Å². The van der Waals surface area contributed by atoms with E-state index in [1.807, 2.05) is 45.4 Å². The van der Waals surface area contributed by atoms with Crippen molar-refractivity contribution in [3.8, 4) is 0 Å². The molecule has 4 rings (SSSR count). The van der Waals surface area contributed by atoms with Crippen LogP contribution >= 0.6 is 23.2 Å². The number of benzene rings is 1. The van der Waals surface area contributed by atoms with E-state index >= 15 is 0 Å². The van der Waals surface area contributed by atoms with E-state index in [9.17, 15) is 9.59 Å². The SMILES string of the molecule is CN(C)C(=O)C1(N2CCCCC2)CCN(CCC(CN(C)C(=O)c2ccc[nH]2)c2ccc(Cl)c(Cl)c2)CC1. The van der Waals surface area contributed by atoms with Crippen LogP contribution in [-0.2, 0) is 4.79 Å². The van der Waals surface area contributed by atoms with E-state index in [0.29, 0.717) is 22.3 Å². The fourth-order valence-corrected chi connectivity index (χ4v) is 6.41. The van der Waals surface area contributed by atoms with Gasteiger partial charge in [-0.05, 0) is 81.6 Å². The molecule has 0 aliphatic carbocycles. The number of aromatic nitrogens is 1. The van der Waals surface area contributed by atoms with Crippen LogP contribution in [-0.4, -0.2) is 102 Å². The van der Waals surface area contributed by atoms with Crippen LogP contribution in [0.2, 0.25) is 10.0 Å². The molecule has 38 heavy (non-hydrogen) atoms. The van der Waals surface area contributed by atoms with E-state index in [2.05, 4.69) is 14.8 Å². The summed E-state index contributed by atoms with van der Waals surface area (Å²) in [5.74, 6) is 0.314. The molecule has 2 aliphatic heterocycles. The lowest BCUT2D eigenvalue weighted by atomic mass is 9.82. The average Bonchev–Trinajstić information content (AvgIpc) is 3.47. The number of H-pyrrole nitrogens is 1. The standard InChI is InChI=1S/C29H41Cl2N5O2/c1-33(2)28(38)29(36-15-5-4-6-16-36)12-18-35(19-13-29)17-11-23(22-9-10-24(30)25(31)20-22)21-34(3)27(37)26-8-7-14-32-26/h7-10,14,20,23,32H,4-6,11-13,15-19,21H2,1-3H3. The fourth-order valence-electron chi connectivity index (χ4n) is 6.10. The Hall–Kier alpha value is -2.06. The van der Waals surface area contributed by atoms with Gasteiger partial charge in [0.2, 0.25) is 5.91 Å². The Morgan fingerprint density at radius 3 is 2.32 bits per heavy atom. The molecule has 1 aromatic heterocycles. The van der Waals surface area contributed by atoms with Gasteiger partial charge in [0, 0.05) is 52.9 Å². The molecule has 0 saturated carbocycles. The van der Waals surface area contributed by atoms with Crippen LogP contribution in [0.3, 0.4) is 0 Å². The molecule has 2 saturated heterocycles. The molecular formula is C29H41Cl2N5O2. The fraction of sp³-hybridized carbons (Fsp3) is 0.586. The number of aromatic amines is 1. The first-order chi connectivity index (χ1) is 18.2. The van der Waals surface area contributed by atoms with Crippen molar-refractivity contribution in [2.75, 3.05) is 60.4 Å². The van der Waals surface area contributed by atoms with E-state index in [0.717, 1.165) is 57.5 Å². The maximum Gasteiger partial charge on any atom is 0.270 e. The number of nitrogens with one attached hydrogen (secondary N) is 1. The molecule has 0 radical (unpaired) electrons. The normalized spacial score (nSPS) is 19.2. The van der Waals surface area contributed by atoms with Crippen molar-refractivity contribution in [3.05, 3.63) is 57.8 Å². The first-order valence-corrected chi connectivity index (χ1v) is 14.5. The summed E-state index contributed by atoms with van der Waals surface area (Å²) in [6, 6.07) is 9.40. The van der Waals surface area contributed by atoms with Crippen molar-refractivity contribution in [1.29, 1.82) is 0 Å². The van der Waals surface area contributed by atoms with Gasteiger partial charge >= 0.3 is 0 Å². The number of piperidine rings is 2. The molecule has 9 heteroatoms. The van der Waals surface area contributed by atoms with E-state index in [1.165, 1.54) is 19.3 Å². The van der Waals surface area contributed by atoms with Gasteiger partial charge in [-0.2, -0.15) is 0 Å². The molecule has 2 aromatic rings. The Labute approximate surface area is 237 Å². The summed E-state index contributed by atoms with van der Waals surface area (Å²) < 4.78 is 0. The second kappa shape index (κ2) is 12.9. The number of carbonyl (C=O) groups is 2. The summed E-state index contributed by atoms with van der Waals surface area (Å²) in [5.41, 5.74) is 1.27. The topological polar surface area (TPSA) is 62.9 Å². The van der Waals surface area contributed by atoms with Gasteiger partial charge in [-0.15, -0.1) is 0 Å². The molecule has 2 amide bonds. The smallest absolute Gasteiger partial charge is 0.270 e.